The summed E-state index contributed by atoms with van der Waals surface area (Å²) in [5, 5.41) is 9.11. The number of carbonyl (C=O) groups is 1. The summed E-state index contributed by atoms with van der Waals surface area (Å²) in [7, 11) is 0. The smallest absolute Gasteiger partial charge is 0.341 e. The van der Waals surface area contributed by atoms with E-state index in [1.165, 1.54) is 12.5 Å². The number of carboxylic acids is 1. The van der Waals surface area contributed by atoms with E-state index in [0.29, 0.717) is 32.1 Å². The molecule has 3 rings (SSSR count). The minimum Gasteiger partial charge on any atom is -0.477 e. The Morgan fingerprint density at radius 1 is 1.44 bits per heavy atom. The van der Waals surface area contributed by atoms with Crippen LogP contribution in [0.4, 0.5) is 5.82 Å². The van der Waals surface area contributed by atoms with Crippen molar-refractivity contribution >= 4 is 11.8 Å². The normalized spacial score (nSPS) is 21.7. The lowest BCUT2D eigenvalue weighted by Crippen LogP contribution is -2.35. The Morgan fingerprint density at radius 3 is 2.94 bits per heavy atom. The second-order valence-electron chi connectivity index (χ2n) is 4.34. The van der Waals surface area contributed by atoms with E-state index in [1.807, 2.05) is 4.90 Å². The molecule has 0 saturated carbocycles. The van der Waals surface area contributed by atoms with E-state index < -0.39 is 11.8 Å². The Balaban J connectivity index is 1.86. The first-order valence-corrected chi connectivity index (χ1v) is 5.76. The van der Waals surface area contributed by atoms with Crippen LogP contribution in [0.25, 0.3) is 0 Å². The molecule has 7 nitrogen and oxygen atoms in total. The molecular formula is C11H13N3O4. The topological polar surface area (TPSA) is 84.8 Å². The molecule has 1 N–H and O–H groups in total. The van der Waals surface area contributed by atoms with Crippen molar-refractivity contribution in [3.8, 4) is 0 Å². The monoisotopic (exact) mass is 251 g/mol. The van der Waals surface area contributed by atoms with Crippen molar-refractivity contribution in [1.29, 1.82) is 0 Å². The molecule has 2 fully saturated rings. The Hall–Kier alpha value is -1.73. The zero-order valence-electron chi connectivity index (χ0n) is 9.70. The fourth-order valence-corrected chi connectivity index (χ4v) is 2.39. The molecule has 2 aliphatic heterocycles. The zero-order chi connectivity index (χ0) is 12.6. The van der Waals surface area contributed by atoms with Crippen molar-refractivity contribution in [3.63, 3.8) is 0 Å². The lowest BCUT2D eigenvalue weighted by molar-refractivity contribution is -0.137. The lowest BCUT2D eigenvalue weighted by atomic mass is 10.2. The number of anilines is 1. The first-order chi connectivity index (χ1) is 8.70. The van der Waals surface area contributed by atoms with Gasteiger partial charge in [-0.25, -0.2) is 14.8 Å². The molecule has 2 aliphatic rings. The summed E-state index contributed by atoms with van der Waals surface area (Å²) in [4.78, 5) is 20.8. The van der Waals surface area contributed by atoms with Crippen LogP contribution < -0.4 is 4.90 Å². The van der Waals surface area contributed by atoms with Crippen molar-refractivity contribution in [2.24, 2.45) is 0 Å². The molecule has 0 radical (unpaired) electrons. The Labute approximate surface area is 103 Å². The van der Waals surface area contributed by atoms with Gasteiger partial charge in [0.05, 0.1) is 19.8 Å². The zero-order valence-corrected chi connectivity index (χ0v) is 9.70. The maximum Gasteiger partial charge on any atom is 0.341 e. The van der Waals surface area contributed by atoms with Gasteiger partial charge in [0, 0.05) is 19.2 Å². The van der Waals surface area contributed by atoms with Crippen molar-refractivity contribution < 1.29 is 19.4 Å². The summed E-state index contributed by atoms with van der Waals surface area (Å²) < 4.78 is 11.2. The van der Waals surface area contributed by atoms with E-state index >= 15 is 0 Å². The number of nitrogens with zero attached hydrogens (tertiary/aromatic N) is 3. The van der Waals surface area contributed by atoms with Gasteiger partial charge in [-0.05, 0) is 0 Å². The second-order valence-corrected chi connectivity index (χ2v) is 4.34. The average Bonchev–Trinajstić information content (AvgIpc) is 3.00. The summed E-state index contributed by atoms with van der Waals surface area (Å²) >= 11 is 0. The van der Waals surface area contributed by atoms with Crippen LogP contribution in [0.15, 0.2) is 12.5 Å². The molecule has 3 heterocycles. The molecule has 7 heteroatoms. The number of aromatic carboxylic acids is 1. The van der Waals surface area contributed by atoms with E-state index in [4.69, 9.17) is 14.6 Å². The van der Waals surface area contributed by atoms with Crippen LogP contribution in [0, 0.1) is 0 Å². The summed E-state index contributed by atoms with van der Waals surface area (Å²) in [6, 6.07) is 0. The van der Waals surface area contributed by atoms with Gasteiger partial charge in [-0.15, -0.1) is 0 Å². The van der Waals surface area contributed by atoms with E-state index in [0.717, 1.165) is 6.42 Å². The van der Waals surface area contributed by atoms with Crippen LogP contribution in [0.2, 0.25) is 0 Å². The number of ether oxygens (including phenoxy) is 2. The van der Waals surface area contributed by atoms with Gasteiger partial charge in [0.25, 0.3) is 0 Å². The largest absolute Gasteiger partial charge is 0.477 e. The summed E-state index contributed by atoms with van der Waals surface area (Å²) in [6.45, 7) is 2.34. The van der Waals surface area contributed by atoms with Crippen LogP contribution >= 0.6 is 0 Å². The molecule has 0 unspecified atom stereocenters. The summed E-state index contributed by atoms with van der Waals surface area (Å²) in [5.74, 6) is -1.19. The molecule has 1 spiro atoms. The van der Waals surface area contributed by atoms with Crippen LogP contribution in [0.5, 0.6) is 0 Å². The van der Waals surface area contributed by atoms with Crippen molar-refractivity contribution in [2.75, 3.05) is 31.2 Å². The Morgan fingerprint density at radius 2 is 2.22 bits per heavy atom. The van der Waals surface area contributed by atoms with Crippen molar-refractivity contribution in [2.45, 2.75) is 12.2 Å². The molecular weight excluding hydrogens is 238 g/mol. The lowest BCUT2D eigenvalue weighted by Gasteiger charge is -2.23. The van der Waals surface area contributed by atoms with Gasteiger partial charge in [-0.2, -0.15) is 0 Å². The highest BCUT2D eigenvalue weighted by Gasteiger charge is 2.44. The molecule has 0 bridgehead atoms. The first kappa shape index (κ1) is 11.4. The first-order valence-electron chi connectivity index (χ1n) is 5.76. The van der Waals surface area contributed by atoms with Crippen molar-refractivity contribution in [3.05, 3.63) is 18.1 Å². The number of carboxylic acid groups (broad SMARTS) is 1. The number of hydrogen-bond donors (Lipinski definition) is 1. The highest BCUT2D eigenvalue weighted by atomic mass is 16.7. The second kappa shape index (κ2) is 4.18. The predicted octanol–water partition coefficient (Wildman–Crippen LogP) is 0.128. The molecule has 1 aromatic heterocycles. The minimum absolute atomic E-state index is 0.104. The van der Waals surface area contributed by atoms with Gasteiger partial charge in [0.1, 0.15) is 17.7 Å². The SMILES string of the molecule is O=C(O)c1cncnc1N1CCC2(C1)OCCO2. The maximum absolute atomic E-state index is 11.1. The van der Waals surface area contributed by atoms with Crippen LogP contribution in [-0.4, -0.2) is 53.1 Å². The highest BCUT2D eigenvalue weighted by Crippen LogP contribution is 2.33. The number of aromatic nitrogens is 2. The quantitative estimate of drug-likeness (QED) is 0.799. The van der Waals surface area contributed by atoms with Crippen molar-refractivity contribution in [1.82, 2.24) is 9.97 Å². The number of rotatable bonds is 2. The Bertz CT molecular complexity index is 473. The predicted molar refractivity (Wildman–Crippen MR) is 60.5 cm³/mol. The van der Waals surface area contributed by atoms with E-state index in [-0.39, 0.29) is 5.56 Å². The van der Waals surface area contributed by atoms with Gasteiger partial charge < -0.3 is 19.5 Å². The maximum atomic E-state index is 11.1. The average molecular weight is 251 g/mol. The fourth-order valence-electron chi connectivity index (χ4n) is 2.39. The molecule has 0 aromatic carbocycles. The van der Waals surface area contributed by atoms with Gasteiger partial charge >= 0.3 is 5.97 Å². The highest BCUT2D eigenvalue weighted by molar-refractivity contribution is 5.92. The molecule has 0 atom stereocenters. The summed E-state index contributed by atoms with van der Waals surface area (Å²) in [6.07, 6.45) is 3.38. The van der Waals surface area contributed by atoms with Gasteiger partial charge in [0.15, 0.2) is 5.79 Å². The van der Waals surface area contributed by atoms with E-state index in [1.54, 1.807) is 0 Å². The molecule has 2 saturated heterocycles. The van der Waals surface area contributed by atoms with Crippen LogP contribution in [-0.2, 0) is 9.47 Å². The molecule has 0 amide bonds. The van der Waals surface area contributed by atoms with Crippen LogP contribution in [0.1, 0.15) is 16.8 Å². The standard InChI is InChI=1S/C11H13N3O4/c15-10(16)8-5-12-7-13-9(8)14-2-1-11(6-14)17-3-4-18-11/h5,7H,1-4,6H2,(H,15,16). The van der Waals surface area contributed by atoms with E-state index in [2.05, 4.69) is 9.97 Å². The van der Waals surface area contributed by atoms with Crippen LogP contribution in [0.3, 0.4) is 0 Å². The fraction of sp³-hybridized carbons (Fsp3) is 0.545. The third-order valence-corrected chi connectivity index (χ3v) is 3.23. The molecule has 96 valence electrons. The minimum atomic E-state index is -1.03. The molecule has 1 aromatic rings. The number of hydrogen-bond acceptors (Lipinski definition) is 6. The van der Waals surface area contributed by atoms with Gasteiger partial charge in [0.2, 0.25) is 0 Å². The molecule has 18 heavy (non-hydrogen) atoms. The van der Waals surface area contributed by atoms with Gasteiger partial charge in [-0.3, -0.25) is 0 Å². The Kier molecular flexibility index (Phi) is 2.64. The van der Waals surface area contributed by atoms with Gasteiger partial charge in [-0.1, -0.05) is 0 Å². The summed E-state index contributed by atoms with van der Waals surface area (Å²) in [5.41, 5.74) is 0.104. The third-order valence-electron chi connectivity index (χ3n) is 3.23. The molecule has 0 aliphatic carbocycles. The third kappa shape index (κ3) is 1.81. The van der Waals surface area contributed by atoms with E-state index in [9.17, 15) is 4.79 Å².